The van der Waals surface area contributed by atoms with Gasteiger partial charge >= 0.3 is 5.97 Å². The Morgan fingerprint density at radius 1 is 1.15 bits per heavy atom. The molecule has 2 fully saturated rings. The first-order valence-corrected chi connectivity index (χ1v) is 12.0. The number of anilines is 1. The maximum Gasteiger partial charge on any atom is 0.316 e. The van der Waals surface area contributed by atoms with E-state index in [1.54, 1.807) is 6.07 Å². The standard InChI is InChI=1S/C25H32N6O3/c1-25(2,3)24(32)34-19-6-4-5-17(15-19)21-28-22(30-11-13-33-14-12-30)20-23(29-21)31(16-27-20)18-7-9-26-10-8-18/h4-6,15-16,18,26H,7-14H2,1-3H3. The second-order valence-electron chi connectivity index (χ2n) is 9.94. The SMILES string of the molecule is CC(C)(C)C(=O)Oc1cccc(-c2nc(N3CCOCC3)c3ncn(C4CCNCC4)c3n2)c1. The van der Waals surface area contributed by atoms with Gasteiger partial charge in [0.15, 0.2) is 22.8 Å². The molecular formula is C25H32N6O3. The largest absolute Gasteiger partial charge is 0.426 e. The predicted octanol–water partition coefficient (Wildman–Crippen LogP) is 3.21. The number of imidazole rings is 1. The summed E-state index contributed by atoms with van der Waals surface area (Å²) in [7, 11) is 0. The number of morpholine rings is 1. The van der Waals surface area contributed by atoms with Crippen molar-refractivity contribution in [2.75, 3.05) is 44.3 Å². The topological polar surface area (TPSA) is 94.4 Å². The van der Waals surface area contributed by atoms with Crippen LogP contribution in [0.2, 0.25) is 0 Å². The Balaban J connectivity index is 1.58. The minimum Gasteiger partial charge on any atom is -0.426 e. The molecule has 1 aromatic carbocycles. The predicted molar refractivity (Wildman–Crippen MR) is 130 cm³/mol. The van der Waals surface area contributed by atoms with Gasteiger partial charge in [0.25, 0.3) is 0 Å². The first kappa shape index (κ1) is 22.7. The van der Waals surface area contributed by atoms with Crippen LogP contribution in [0.4, 0.5) is 5.82 Å². The van der Waals surface area contributed by atoms with Gasteiger partial charge in [0.2, 0.25) is 0 Å². The zero-order valence-corrected chi connectivity index (χ0v) is 20.1. The smallest absolute Gasteiger partial charge is 0.316 e. The van der Waals surface area contributed by atoms with Crippen molar-refractivity contribution >= 4 is 23.0 Å². The number of hydrogen-bond donors (Lipinski definition) is 1. The van der Waals surface area contributed by atoms with Gasteiger partial charge in [0, 0.05) is 24.7 Å². The fraction of sp³-hybridized carbons (Fsp3) is 0.520. The number of esters is 1. The van der Waals surface area contributed by atoms with Crippen LogP contribution < -0.4 is 15.0 Å². The number of rotatable bonds is 4. The van der Waals surface area contributed by atoms with E-state index in [4.69, 9.17) is 24.4 Å². The number of carbonyl (C=O) groups excluding carboxylic acids is 1. The summed E-state index contributed by atoms with van der Waals surface area (Å²) in [4.78, 5) is 29.3. The summed E-state index contributed by atoms with van der Waals surface area (Å²) in [5, 5.41) is 3.43. The summed E-state index contributed by atoms with van der Waals surface area (Å²) in [6, 6.07) is 7.79. The van der Waals surface area contributed by atoms with E-state index in [2.05, 4.69) is 14.8 Å². The minimum absolute atomic E-state index is 0.279. The molecule has 0 spiro atoms. The van der Waals surface area contributed by atoms with Gasteiger partial charge in [0.1, 0.15) is 5.75 Å². The highest BCUT2D eigenvalue weighted by Gasteiger charge is 2.26. The van der Waals surface area contributed by atoms with Crippen LogP contribution in [0.1, 0.15) is 39.7 Å². The zero-order valence-electron chi connectivity index (χ0n) is 20.1. The molecule has 9 nitrogen and oxygen atoms in total. The second-order valence-corrected chi connectivity index (χ2v) is 9.94. The van der Waals surface area contributed by atoms with Crippen molar-refractivity contribution in [3.05, 3.63) is 30.6 Å². The molecule has 0 atom stereocenters. The van der Waals surface area contributed by atoms with Crippen LogP contribution in [0.25, 0.3) is 22.6 Å². The van der Waals surface area contributed by atoms with E-state index in [-0.39, 0.29) is 5.97 Å². The van der Waals surface area contributed by atoms with Crippen LogP contribution in [0.3, 0.4) is 0 Å². The summed E-state index contributed by atoms with van der Waals surface area (Å²) in [6.07, 6.45) is 3.98. The van der Waals surface area contributed by atoms with E-state index in [0.29, 0.717) is 30.8 Å². The van der Waals surface area contributed by atoms with Gasteiger partial charge in [-0.2, -0.15) is 0 Å². The highest BCUT2D eigenvalue weighted by atomic mass is 16.5. The summed E-state index contributed by atoms with van der Waals surface area (Å²) in [5.74, 6) is 1.63. The number of ether oxygens (including phenoxy) is 2. The first-order chi connectivity index (χ1) is 16.4. The van der Waals surface area contributed by atoms with Crippen LogP contribution in [-0.2, 0) is 9.53 Å². The number of piperidine rings is 1. The molecule has 5 rings (SSSR count). The maximum absolute atomic E-state index is 12.4. The lowest BCUT2D eigenvalue weighted by molar-refractivity contribution is -0.142. The van der Waals surface area contributed by atoms with Crippen LogP contribution in [-0.4, -0.2) is 64.9 Å². The van der Waals surface area contributed by atoms with Gasteiger partial charge in [-0.25, -0.2) is 15.0 Å². The molecule has 0 unspecified atom stereocenters. The van der Waals surface area contributed by atoms with Crippen molar-refractivity contribution in [3.8, 4) is 17.1 Å². The summed E-state index contributed by atoms with van der Waals surface area (Å²) in [6.45, 7) is 10.3. The molecular weight excluding hydrogens is 432 g/mol. The Labute approximate surface area is 199 Å². The lowest BCUT2D eigenvalue weighted by Gasteiger charge is -2.28. The molecule has 2 saturated heterocycles. The Kier molecular flexibility index (Phi) is 6.22. The van der Waals surface area contributed by atoms with Gasteiger partial charge in [-0.05, 0) is 58.8 Å². The molecule has 2 aromatic heterocycles. The Hall–Kier alpha value is -3.04. The quantitative estimate of drug-likeness (QED) is 0.465. The van der Waals surface area contributed by atoms with Crippen LogP contribution in [0.5, 0.6) is 5.75 Å². The number of aromatic nitrogens is 4. The lowest BCUT2D eigenvalue weighted by Crippen LogP contribution is -2.37. The summed E-state index contributed by atoms with van der Waals surface area (Å²) in [5.41, 5.74) is 1.87. The number of carbonyl (C=O) groups is 1. The van der Waals surface area contributed by atoms with E-state index < -0.39 is 5.41 Å². The molecule has 2 aliphatic heterocycles. The second kappa shape index (κ2) is 9.31. The van der Waals surface area contributed by atoms with E-state index >= 15 is 0 Å². The van der Waals surface area contributed by atoms with Gasteiger partial charge in [-0.1, -0.05) is 12.1 Å². The third kappa shape index (κ3) is 4.63. The molecule has 0 aliphatic carbocycles. The maximum atomic E-state index is 12.4. The molecule has 1 N–H and O–H groups in total. The van der Waals surface area contributed by atoms with Crippen LogP contribution >= 0.6 is 0 Å². The average Bonchev–Trinajstić information content (AvgIpc) is 3.28. The zero-order chi connectivity index (χ0) is 23.7. The van der Waals surface area contributed by atoms with Crippen LogP contribution in [0, 0.1) is 5.41 Å². The highest BCUT2D eigenvalue weighted by molar-refractivity contribution is 5.86. The Morgan fingerprint density at radius 2 is 1.91 bits per heavy atom. The molecule has 0 radical (unpaired) electrons. The van der Waals surface area contributed by atoms with E-state index in [1.165, 1.54) is 0 Å². The number of hydrogen-bond acceptors (Lipinski definition) is 8. The number of nitrogens with zero attached hydrogens (tertiary/aromatic N) is 5. The molecule has 34 heavy (non-hydrogen) atoms. The van der Waals surface area contributed by atoms with Crippen LogP contribution in [0.15, 0.2) is 30.6 Å². The fourth-order valence-electron chi connectivity index (χ4n) is 4.34. The molecule has 0 saturated carbocycles. The molecule has 180 valence electrons. The molecule has 0 bridgehead atoms. The Bertz CT molecular complexity index is 1170. The van der Waals surface area contributed by atoms with Crippen molar-refractivity contribution in [1.82, 2.24) is 24.8 Å². The van der Waals surface area contributed by atoms with Gasteiger partial charge in [-0.3, -0.25) is 4.79 Å². The average molecular weight is 465 g/mol. The monoisotopic (exact) mass is 464 g/mol. The van der Waals surface area contributed by atoms with E-state index in [1.807, 2.05) is 45.3 Å². The molecule has 4 heterocycles. The van der Waals surface area contributed by atoms with E-state index in [9.17, 15) is 4.79 Å². The molecule has 0 amide bonds. The van der Waals surface area contributed by atoms with Crippen molar-refractivity contribution in [3.63, 3.8) is 0 Å². The first-order valence-electron chi connectivity index (χ1n) is 12.0. The molecule has 9 heteroatoms. The molecule has 2 aliphatic rings. The van der Waals surface area contributed by atoms with Crippen molar-refractivity contribution < 1.29 is 14.3 Å². The summed E-state index contributed by atoms with van der Waals surface area (Å²) >= 11 is 0. The number of fused-ring (bicyclic) bond motifs is 1. The molecule has 3 aromatic rings. The van der Waals surface area contributed by atoms with Gasteiger partial charge in [0.05, 0.1) is 25.0 Å². The summed E-state index contributed by atoms with van der Waals surface area (Å²) < 4.78 is 13.4. The number of benzene rings is 1. The van der Waals surface area contributed by atoms with E-state index in [0.717, 1.165) is 61.6 Å². The van der Waals surface area contributed by atoms with Crippen molar-refractivity contribution in [2.45, 2.75) is 39.7 Å². The third-order valence-electron chi connectivity index (χ3n) is 6.33. The Morgan fingerprint density at radius 3 is 2.65 bits per heavy atom. The van der Waals surface area contributed by atoms with Gasteiger partial charge < -0.3 is 24.3 Å². The number of nitrogens with one attached hydrogen (secondary N) is 1. The third-order valence-corrected chi connectivity index (χ3v) is 6.33. The van der Waals surface area contributed by atoms with Gasteiger partial charge in [-0.15, -0.1) is 0 Å². The fourth-order valence-corrected chi connectivity index (χ4v) is 4.34. The lowest BCUT2D eigenvalue weighted by atomic mass is 9.97. The minimum atomic E-state index is -0.587. The van der Waals surface area contributed by atoms with Crippen molar-refractivity contribution in [1.29, 1.82) is 0 Å². The van der Waals surface area contributed by atoms with Crippen molar-refractivity contribution in [2.24, 2.45) is 5.41 Å². The normalized spacial score (nSPS) is 17.8. The highest BCUT2D eigenvalue weighted by Crippen LogP contribution is 2.32.